The van der Waals surface area contributed by atoms with E-state index >= 15 is 0 Å². The molecule has 0 saturated carbocycles. The minimum atomic E-state index is -5.01. The predicted octanol–water partition coefficient (Wildman–Crippen LogP) is 0.285. The van der Waals surface area contributed by atoms with E-state index in [1.54, 1.807) is 0 Å². The summed E-state index contributed by atoms with van der Waals surface area (Å²) in [5.41, 5.74) is -3.03. The second-order valence-corrected chi connectivity index (χ2v) is 7.23. The highest BCUT2D eigenvalue weighted by Gasteiger charge is 2.64. The lowest BCUT2D eigenvalue weighted by Crippen LogP contribution is -2.49. The molecule has 10 heteroatoms. The van der Waals surface area contributed by atoms with Gasteiger partial charge >= 0.3 is 12.1 Å². The Morgan fingerprint density at radius 1 is 1.35 bits per heavy atom. The van der Waals surface area contributed by atoms with Crippen molar-refractivity contribution in [2.45, 2.75) is 24.8 Å². The maximum absolute atomic E-state index is 12.9. The molecule has 2 atom stereocenters. The van der Waals surface area contributed by atoms with Crippen LogP contribution in [0.4, 0.5) is 13.2 Å². The standard InChI is InChI=1S/C10H14F3NO5S/c1-6(20(2,18)19)7(15)14-4-3-9(5-14,8(16)17)10(11,12)13/h6H,3-5H2,1-2H3,(H,16,17). The molecular weight excluding hydrogens is 303 g/mol. The molecule has 1 fully saturated rings. The van der Waals surface area contributed by atoms with Crippen LogP contribution in [0.15, 0.2) is 0 Å². The highest BCUT2D eigenvalue weighted by molar-refractivity contribution is 7.92. The van der Waals surface area contributed by atoms with Gasteiger partial charge in [-0.05, 0) is 13.3 Å². The average Bonchev–Trinajstić information content (AvgIpc) is 2.71. The quantitative estimate of drug-likeness (QED) is 0.807. The number of sulfone groups is 1. The molecule has 0 radical (unpaired) electrons. The number of amides is 1. The molecule has 0 spiro atoms. The van der Waals surface area contributed by atoms with Crippen molar-refractivity contribution in [3.63, 3.8) is 0 Å². The van der Waals surface area contributed by atoms with Gasteiger partial charge in [0.2, 0.25) is 5.91 Å². The van der Waals surface area contributed by atoms with Gasteiger partial charge in [-0.1, -0.05) is 0 Å². The summed E-state index contributed by atoms with van der Waals surface area (Å²) in [4.78, 5) is 23.4. The maximum atomic E-state index is 12.9. The first kappa shape index (κ1) is 16.7. The third kappa shape index (κ3) is 2.74. The fraction of sp³-hybridized carbons (Fsp3) is 0.800. The van der Waals surface area contributed by atoms with E-state index in [1.807, 2.05) is 0 Å². The Morgan fingerprint density at radius 3 is 2.15 bits per heavy atom. The van der Waals surface area contributed by atoms with Gasteiger partial charge in [-0.15, -0.1) is 0 Å². The summed E-state index contributed by atoms with van der Waals surface area (Å²) in [6.07, 6.45) is -5.00. The first-order valence-corrected chi connectivity index (χ1v) is 7.56. The van der Waals surface area contributed by atoms with Gasteiger partial charge < -0.3 is 10.0 Å². The summed E-state index contributed by atoms with van der Waals surface area (Å²) in [6, 6.07) is 0. The molecule has 1 N–H and O–H groups in total. The molecule has 0 aliphatic carbocycles. The van der Waals surface area contributed by atoms with Crippen molar-refractivity contribution < 1.29 is 36.3 Å². The second-order valence-electron chi connectivity index (χ2n) is 4.87. The summed E-state index contributed by atoms with van der Waals surface area (Å²) in [5, 5.41) is 7.32. The van der Waals surface area contributed by atoms with E-state index in [0.29, 0.717) is 4.90 Å². The molecule has 1 saturated heterocycles. The first-order valence-electron chi connectivity index (χ1n) is 5.61. The van der Waals surface area contributed by atoms with Gasteiger partial charge in [-0.25, -0.2) is 8.42 Å². The van der Waals surface area contributed by atoms with Crippen LogP contribution in [0.5, 0.6) is 0 Å². The highest BCUT2D eigenvalue weighted by Crippen LogP contribution is 2.45. The van der Waals surface area contributed by atoms with Crippen molar-refractivity contribution in [3.05, 3.63) is 0 Å². The fourth-order valence-corrected chi connectivity index (χ4v) is 2.48. The number of alkyl halides is 3. The van der Waals surface area contributed by atoms with E-state index in [4.69, 9.17) is 5.11 Å². The molecule has 1 rings (SSSR count). The summed E-state index contributed by atoms with van der Waals surface area (Å²) in [5.74, 6) is -3.08. The molecule has 0 aromatic heterocycles. The predicted molar refractivity (Wildman–Crippen MR) is 61.6 cm³/mol. The first-order chi connectivity index (χ1) is 8.83. The van der Waals surface area contributed by atoms with E-state index in [0.717, 1.165) is 13.2 Å². The molecule has 2 unspecified atom stereocenters. The Kier molecular flexibility index (Phi) is 4.10. The lowest BCUT2D eigenvalue weighted by atomic mass is 9.86. The Bertz CT molecular complexity index is 530. The molecule has 1 heterocycles. The smallest absolute Gasteiger partial charge is 0.406 e. The lowest BCUT2D eigenvalue weighted by molar-refractivity contribution is -0.227. The molecule has 1 amide bonds. The minimum absolute atomic E-state index is 0.440. The summed E-state index contributed by atoms with van der Waals surface area (Å²) in [6.45, 7) is -0.443. The molecular formula is C10H14F3NO5S. The summed E-state index contributed by atoms with van der Waals surface area (Å²) < 4.78 is 61.2. The van der Waals surface area contributed by atoms with Crippen molar-refractivity contribution in [2.24, 2.45) is 5.41 Å². The molecule has 116 valence electrons. The van der Waals surface area contributed by atoms with Gasteiger partial charge in [-0.3, -0.25) is 9.59 Å². The average molecular weight is 317 g/mol. The Labute approximate surface area is 113 Å². The number of halogens is 3. The van der Waals surface area contributed by atoms with E-state index < -0.39 is 58.1 Å². The topological polar surface area (TPSA) is 91.8 Å². The zero-order valence-corrected chi connectivity index (χ0v) is 11.6. The lowest BCUT2D eigenvalue weighted by Gasteiger charge is -2.27. The zero-order chi connectivity index (χ0) is 15.9. The number of carbonyl (C=O) groups is 2. The van der Waals surface area contributed by atoms with Crippen LogP contribution in [0.25, 0.3) is 0 Å². The number of aliphatic carboxylic acids is 1. The van der Waals surface area contributed by atoms with Crippen molar-refractivity contribution in [3.8, 4) is 0 Å². The van der Waals surface area contributed by atoms with Crippen LogP contribution in [-0.4, -0.2) is 61.1 Å². The van der Waals surface area contributed by atoms with Crippen molar-refractivity contribution in [2.75, 3.05) is 19.3 Å². The van der Waals surface area contributed by atoms with Crippen LogP contribution >= 0.6 is 0 Å². The number of hydrogen-bond donors (Lipinski definition) is 1. The Balaban J connectivity index is 3.02. The van der Waals surface area contributed by atoms with E-state index in [9.17, 15) is 31.2 Å². The van der Waals surface area contributed by atoms with Crippen molar-refractivity contribution in [1.29, 1.82) is 0 Å². The highest BCUT2D eigenvalue weighted by atomic mass is 32.2. The summed E-state index contributed by atoms with van der Waals surface area (Å²) in [7, 11) is -3.75. The van der Waals surface area contributed by atoms with Crippen LogP contribution < -0.4 is 0 Å². The van der Waals surface area contributed by atoms with E-state index in [2.05, 4.69) is 0 Å². The number of hydrogen-bond acceptors (Lipinski definition) is 4. The molecule has 0 aromatic carbocycles. The van der Waals surface area contributed by atoms with Crippen LogP contribution in [0.1, 0.15) is 13.3 Å². The monoisotopic (exact) mass is 317 g/mol. The Hall–Kier alpha value is -1.32. The van der Waals surface area contributed by atoms with Crippen LogP contribution in [-0.2, 0) is 19.4 Å². The van der Waals surface area contributed by atoms with Gasteiger partial charge in [0.1, 0.15) is 5.25 Å². The van der Waals surface area contributed by atoms with Crippen LogP contribution in [0, 0.1) is 5.41 Å². The normalized spacial score (nSPS) is 25.6. The van der Waals surface area contributed by atoms with Crippen molar-refractivity contribution >= 4 is 21.7 Å². The zero-order valence-electron chi connectivity index (χ0n) is 10.8. The minimum Gasteiger partial charge on any atom is -0.481 e. The number of carboxylic acid groups (broad SMARTS) is 1. The molecule has 6 nitrogen and oxygen atoms in total. The molecule has 1 aliphatic heterocycles. The largest absolute Gasteiger partial charge is 0.481 e. The fourth-order valence-electron chi connectivity index (χ4n) is 1.97. The van der Waals surface area contributed by atoms with Gasteiger partial charge in [0.15, 0.2) is 15.3 Å². The number of rotatable bonds is 3. The maximum Gasteiger partial charge on any atom is 0.406 e. The number of carbonyl (C=O) groups excluding carboxylic acids is 1. The molecule has 1 aliphatic rings. The second kappa shape index (κ2) is 4.90. The SMILES string of the molecule is CC(C(=O)N1CCC(C(=O)O)(C(F)(F)F)C1)S(C)(=O)=O. The van der Waals surface area contributed by atoms with Crippen LogP contribution in [0.2, 0.25) is 0 Å². The van der Waals surface area contributed by atoms with Gasteiger partial charge in [0.25, 0.3) is 0 Å². The van der Waals surface area contributed by atoms with Gasteiger partial charge in [-0.2, -0.15) is 13.2 Å². The van der Waals surface area contributed by atoms with E-state index in [1.165, 1.54) is 0 Å². The Morgan fingerprint density at radius 2 is 1.85 bits per heavy atom. The third-order valence-electron chi connectivity index (χ3n) is 3.52. The molecule has 20 heavy (non-hydrogen) atoms. The van der Waals surface area contributed by atoms with Crippen molar-refractivity contribution in [1.82, 2.24) is 4.90 Å². The molecule has 0 bridgehead atoms. The van der Waals surface area contributed by atoms with Gasteiger partial charge in [0.05, 0.1) is 0 Å². The number of nitrogens with zero attached hydrogens (tertiary/aromatic N) is 1. The summed E-state index contributed by atoms with van der Waals surface area (Å²) >= 11 is 0. The van der Waals surface area contributed by atoms with Crippen LogP contribution in [0.3, 0.4) is 0 Å². The third-order valence-corrected chi connectivity index (χ3v) is 5.01. The van der Waals surface area contributed by atoms with E-state index in [-0.39, 0.29) is 0 Å². The number of likely N-dealkylation sites (tertiary alicyclic amines) is 1. The molecule has 0 aromatic rings. The number of carboxylic acids is 1. The van der Waals surface area contributed by atoms with Gasteiger partial charge in [0, 0.05) is 19.3 Å².